The van der Waals surface area contributed by atoms with Gasteiger partial charge in [-0.3, -0.25) is 4.79 Å². The summed E-state index contributed by atoms with van der Waals surface area (Å²) in [6, 6.07) is 9.35. The van der Waals surface area contributed by atoms with Gasteiger partial charge in [0.1, 0.15) is 5.82 Å². The van der Waals surface area contributed by atoms with Gasteiger partial charge in [0.05, 0.1) is 10.6 Å². The molecule has 2 rings (SSSR count). The number of carboxylic acid groups (broad SMARTS) is 1. The van der Waals surface area contributed by atoms with Crippen LogP contribution in [0, 0.1) is 5.82 Å². The molecule has 1 amide bonds. The second kappa shape index (κ2) is 5.71. The fraction of sp³-hybridized carbons (Fsp3) is 0. The van der Waals surface area contributed by atoms with Crippen LogP contribution in [-0.4, -0.2) is 17.0 Å². The van der Waals surface area contributed by atoms with Crippen molar-refractivity contribution in [1.29, 1.82) is 0 Å². The lowest BCUT2D eigenvalue weighted by atomic mass is 10.1. The van der Waals surface area contributed by atoms with E-state index in [1.54, 1.807) is 0 Å². The molecule has 4 nitrogen and oxygen atoms in total. The molecule has 0 aliphatic rings. The molecule has 0 heterocycles. The predicted molar refractivity (Wildman–Crippen MR) is 72.8 cm³/mol. The minimum atomic E-state index is -1.12. The molecular weight excluding hydrogens is 285 g/mol. The Labute approximate surface area is 118 Å². The maximum absolute atomic E-state index is 13.0. The van der Waals surface area contributed by atoms with Crippen LogP contribution in [0.5, 0.6) is 0 Å². The predicted octanol–water partition coefficient (Wildman–Crippen LogP) is 3.43. The van der Waals surface area contributed by atoms with E-state index in [-0.39, 0.29) is 16.1 Å². The Bertz CT molecular complexity index is 688. The Hall–Kier alpha value is -2.40. The van der Waals surface area contributed by atoms with E-state index in [1.165, 1.54) is 36.4 Å². The van der Waals surface area contributed by atoms with E-state index < -0.39 is 17.7 Å². The van der Waals surface area contributed by atoms with Gasteiger partial charge in [-0.1, -0.05) is 17.7 Å². The highest BCUT2D eigenvalue weighted by atomic mass is 35.5. The number of carbonyl (C=O) groups is 2. The maximum Gasteiger partial charge on any atom is 0.335 e. The smallest absolute Gasteiger partial charge is 0.335 e. The fourth-order valence-corrected chi connectivity index (χ4v) is 1.75. The number of rotatable bonds is 3. The molecule has 0 fully saturated rings. The normalized spacial score (nSPS) is 10.1. The number of nitrogens with one attached hydrogen (secondary N) is 1. The number of carbonyl (C=O) groups excluding carboxylic acids is 1. The van der Waals surface area contributed by atoms with Crippen molar-refractivity contribution in [1.82, 2.24) is 0 Å². The second-order valence-electron chi connectivity index (χ2n) is 3.97. The van der Waals surface area contributed by atoms with E-state index in [2.05, 4.69) is 5.32 Å². The van der Waals surface area contributed by atoms with E-state index in [1.807, 2.05) is 0 Å². The van der Waals surface area contributed by atoms with Crippen molar-refractivity contribution < 1.29 is 19.1 Å². The Kier molecular flexibility index (Phi) is 4.00. The van der Waals surface area contributed by atoms with E-state index in [0.29, 0.717) is 5.69 Å². The van der Waals surface area contributed by atoms with Crippen LogP contribution < -0.4 is 5.32 Å². The molecule has 2 aromatic rings. The first kappa shape index (κ1) is 14.0. The average molecular weight is 294 g/mol. The van der Waals surface area contributed by atoms with Crippen LogP contribution in [0.1, 0.15) is 20.7 Å². The standard InChI is InChI=1S/C14H9ClFNO3/c15-11-7-10(4-5-12(11)16)17-13(18)8-2-1-3-9(6-8)14(19)20/h1-7H,(H,17,18)(H,19,20). The van der Waals surface area contributed by atoms with Gasteiger partial charge < -0.3 is 10.4 Å². The topological polar surface area (TPSA) is 66.4 Å². The third-order valence-electron chi connectivity index (χ3n) is 2.55. The zero-order valence-corrected chi connectivity index (χ0v) is 10.8. The van der Waals surface area contributed by atoms with Crippen LogP contribution in [0.3, 0.4) is 0 Å². The third kappa shape index (κ3) is 3.13. The minimum absolute atomic E-state index is 0.00906. The van der Waals surface area contributed by atoms with Crippen molar-refractivity contribution >= 4 is 29.2 Å². The van der Waals surface area contributed by atoms with Crippen LogP contribution >= 0.6 is 11.6 Å². The fourth-order valence-electron chi connectivity index (χ4n) is 1.57. The second-order valence-corrected chi connectivity index (χ2v) is 4.38. The molecule has 0 radical (unpaired) electrons. The van der Waals surface area contributed by atoms with Crippen LogP contribution in [0.15, 0.2) is 42.5 Å². The van der Waals surface area contributed by atoms with Gasteiger partial charge in [-0.25, -0.2) is 9.18 Å². The molecule has 2 N–H and O–H groups in total. The molecule has 20 heavy (non-hydrogen) atoms. The summed E-state index contributed by atoms with van der Waals surface area (Å²) in [6.45, 7) is 0. The van der Waals surface area contributed by atoms with Gasteiger partial charge in [0.15, 0.2) is 0 Å². The molecule has 102 valence electrons. The Balaban J connectivity index is 2.21. The van der Waals surface area contributed by atoms with Crippen molar-refractivity contribution in [2.24, 2.45) is 0 Å². The monoisotopic (exact) mass is 293 g/mol. The molecule has 6 heteroatoms. The molecule has 0 aromatic heterocycles. The molecule has 0 bridgehead atoms. The summed E-state index contributed by atoms with van der Waals surface area (Å²) < 4.78 is 13.0. The highest BCUT2D eigenvalue weighted by molar-refractivity contribution is 6.31. The van der Waals surface area contributed by atoms with Crippen molar-refractivity contribution in [3.8, 4) is 0 Å². The van der Waals surface area contributed by atoms with Gasteiger partial charge in [-0.2, -0.15) is 0 Å². The SMILES string of the molecule is O=C(O)c1cccc(C(=O)Nc2ccc(F)c(Cl)c2)c1. The summed E-state index contributed by atoms with van der Waals surface area (Å²) in [5.74, 6) is -2.21. The van der Waals surface area contributed by atoms with Crippen molar-refractivity contribution in [3.63, 3.8) is 0 Å². The lowest BCUT2D eigenvalue weighted by Gasteiger charge is -2.06. The van der Waals surface area contributed by atoms with E-state index >= 15 is 0 Å². The Morgan fingerprint density at radius 2 is 1.80 bits per heavy atom. The molecule has 2 aromatic carbocycles. The molecule has 0 aliphatic carbocycles. The lowest BCUT2D eigenvalue weighted by Crippen LogP contribution is -2.12. The van der Waals surface area contributed by atoms with Gasteiger partial charge in [-0.15, -0.1) is 0 Å². The number of hydrogen-bond donors (Lipinski definition) is 2. The number of hydrogen-bond acceptors (Lipinski definition) is 2. The first-order valence-corrected chi connectivity index (χ1v) is 5.95. The van der Waals surface area contributed by atoms with Gasteiger partial charge >= 0.3 is 5.97 Å². The van der Waals surface area contributed by atoms with E-state index in [4.69, 9.17) is 16.7 Å². The van der Waals surface area contributed by atoms with Crippen molar-refractivity contribution in [3.05, 3.63) is 64.4 Å². The third-order valence-corrected chi connectivity index (χ3v) is 2.84. The number of aromatic carboxylic acids is 1. The van der Waals surface area contributed by atoms with Crippen LogP contribution in [0.25, 0.3) is 0 Å². The van der Waals surface area contributed by atoms with Gasteiger partial charge in [-0.05, 0) is 36.4 Å². The average Bonchev–Trinajstić information content (AvgIpc) is 2.43. The maximum atomic E-state index is 13.0. The summed E-state index contributed by atoms with van der Waals surface area (Å²) in [5, 5.41) is 11.3. The minimum Gasteiger partial charge on any atom is -0.478 e. The van der Waals surface area contributed by atoms with Crippen LogP contribution in [0.4, 0.5) is 10.1 Å². The number of anilines is 1. The number of halogens is 2. The first-order chi connectivity index (χ1) is 9.47. The van der Waals surface area contributed by atoms with Crippen LogP contribution in [-0.2, 0) is 0 Å². The summed E-state index contributed by atoms with van der Waals surface area (Å²) in [7, 11) is 0. The molecule has 0 saturated carbocycles. The molecule has 0 spiro atoms. The zero-order chi connectivity index (χ0) is 14.7. The number of carboxylic acids is 1. The summed E-state index contributed by atoms with van der Waals surface area (Å²) in [5.41, 5.74) is 0.516. The first-order valence-electron chi connectivity index (χ1n) is 5.57. The Morgan fingerprint density at radius 3 is 2.45 bits per heavy atom. The number of amides is 1. The van der Waals surface area contributed by atoms with Crippen molar-refractivity contribution in [2.75, 3.05) is 5.32 Å². The Morgan fingerprint density at radius 1 is 1.10 bits per heavy atom. The van der Waals surface area contributed by atoms with Gasteiger partial charge in [0.2, 0.25) is 0 Å². The molecule has 0 atom stereocenters. The largest absolute Gasteiger partial charge is 0.478 e. The van der Waals surface area contributed by atoms with Crippen molar-refractivity contribution in [2.45, 2.75) is 0 Å². The summed E-state index contributed by atoms with van der Waals surface area (Å²) in [4.78, 5) is 22.8. The molecule has 0 aliphatic heterocycles. The summed E-state index contributed by atoms with van der Waals surface area (Å²) in [6.07, 6.45) is 0. The molecule has 0 saturated heterocycles. The zero-order valence-electron chi connectivity index (χ0n) is 10.1. The van der Waals surface area contributed by atoms with Crippen LogP contribution in [0.2, 0.25) is 5.02 Å². The quantitative estimate of drug-likeness (QED) is 0.911. The van der Waals surface area contributed by atoms with Gasteiger partial charge in [0, 0.05) is 11.3 Å². The van der Waals surface area contributed by atoms with E-state index in [9.17, 15) is 14.0 Å². The van der Waals surface area contributed by atoms with E-state index in [0.717, 1.165) is 6.07 Å². The molecular formula is C14H9ClFNO3. The summed E-state index contributed by atoms with van der Waals surface area (Å²) >= 11 is 5.61. The number of benzene rings is 2. The van der Waals surface area contributed by atoms with Gasteiger partial charge in [0.25, 0.3) is 5.91 Å². The highest BCUT2D eigenvalue weighted by Crippen LogP contribution is 2.20. The molecule has 0 unspecified atom stereocenters. The lowest BCUT2D eigenvalue weighted by molar-refractivity contribution is 0.0697. The highest BCUT2D eigenvalue weighted by Gasteiger charge is 2.10.